The topological polar surface area (TPSA) is 69.3 Å². The number of fused-ring (bicyclic) bond motifs is 2. The largest absolute Gasteiger partial charge is 0.284 e. The van der Waals surface area contributed by atoms with Crippen molar-refractivity contribution in [2.24, 2.45) is 0 Å². The molecule has 0 amide bonds. The lowest BCUT2D eigenvalue weighted by Gasteiger charge is -2.12. The van der Waals surface area contributed by atoms with Gasteiger partial charge in [0.15, 0.2) is 5.16 Å². The minimum atomic E-state index is -0.102. The molecule has 1 aliphatic rings. The van der Waals surface area contributed by atoms with E-state index in [1.54, 1.807) is 16.7 Å². The number of rotatable bonds is 4. The van der Waals surface area contributed by atoms with Gasteiger partial charge in [0.25, 0.3) is 11.1 Å². The van der Waals surface area contributed by atoms with E-state index >= 15 is 0 Å². The molecule has 1 saturated carbocycles. The molecular formula is C21H18N4O2S. The number of para-hydroxylation sites is 1. The summed E-state index contributed by atoms with van der Waals surface area (Å²) in [5, 5.41) is 1.34. The first-order valence-electron chi connectivity index (χ1n) is 9.24. The Morgan fingerprint density at radius 1 is 1.11 bits per heavy atom. The number of benzene rings is 1. The fourth-order valence-electron chi connectivity index (χ4n) is 3.40. The van der Waals surface area contributed by atoms with Crippen molar-refractivity contribution in [3.8, 4) is 0 Å². The van der Waals surface area contributed by atoms with E-state index in [2.05, 4.69) is 4.98 Å². The lowest BCUT2D eigenvalue weighted by Crippen LogP contribution is -2.22. The van der Waals surface area contributed by atoms with E-state index in [0.717, 1.165) is 18.4 Å². The van der Waals surface area contributed by atoms with E-state index in [1.165, 1.54) is 11.8 Å². The molecule has 0 atom stereocenters. The highest BCUT2D eigenvalue weighted by molar-refractivity contribution is 7.98. The predicted molar refractivity (Wildman–Crippen MR) is 110 cm³/mol. The Morgan fingerprint density at radius 3 is 2.75 bits per heavy atom. The zero-order chi connectivity index (χ0) is 19.3. The molecule has 28 heavy (non-hydrogen) atoms. The van der Waals surface area contributed by atoms with Gasteiger partial charge in [-0.3, -0.25) is 18.6 Å². The third-order valence-corrected chi connectivity index (χ3v) is 5.96. The molecule has 6 nitrogen and oxygen atoms in total. The molecule has 0 radical (unpaired) electrons. The lowest BCUT2D eigenvalue weighted by molar-refractivity contribution is 0.618. The van der Waals surface area contributed by atoms with E-state index in [-0.39, 0.29) is 17.2 Å². The van der Waals surface area contributed by atoms with E-state index in [0.29, 0.717) is 33.2 Å². The number of thioether (sulfide) groups is 1. The van der Waals surface area contributed by atoms with Crippen LogP contribution in [-0.4, -0.2) is 18.9 Å². The van der Waals surface area contributed by atoms with Gasteiger partial charge in [-0.05, 0) is 43.5 Å². The van der Waals surface area contributed by atoms with Crippen LogP contribution in [0.2, 0.25) is 0 Å². The molecule has 0 aliphatic heterocycles. The molecule has 3 aromatic heterocycles. The summed E-state index contributed by atoms with van der Waals surface area (Å²) in [5.41, 5.74) is 2.92. The zero-order valence-corrected chi connectivity index (χ0v) is 16.1. The van der Waals surface area contributed by atoms with Crippen LogP contribution >= 0.6 is 11.8 Å². The van der Waals surface area contributed by atoms with Gasteiger partial charge in [0.05, 0.1) is 16.6 Å². The van der Waals surface area contributed by atoms with E-state index in [4.69, 9.17) is 4.98 Å². The molecule has 0 saturated heterocycles. The van der Waals surface area contributed by atoms with Crippen LogP contribution < -0.4 is 11.1 Å². The molecule has 5 rings (SSSR count). The van der Waals surface area contributed by atoms with Gasteiger partial charge in [0, 0.05) is 24.1 Å². The lowest BCUT2D eigenvalue weighted by atomic mass is 10.2. The number of nitrogens with zero attached hydrogens (tertiary/aromatic N) is 4. The minimum absolute atomic E-state index is 0.0120. The van der Waals surface area contributed by atoms with Crippen LogP contribution in [0.5, 0.6) is 0 Å². The summed E-state index contributed by atoms with van der Waals surface area (Å²) in [4.78, 5) is 34.8. The van der Waals surface area contributed by atoms with E-state index in [1.807, 2.05) is 47.9 Å². The van der Waals surface area contributed by atoms with Crippen LogP contribution in [0, 0.1) is 6.92 Å². The van der Waals surface area contributed by atoms with Crippen molar-refractivity contribution >= 4 is 28.3 Å². The summed E-state index contributed by atoms with van der Waals surface area (Å²) in [6.07, 6.45) is 3.73. The Morgan fingerprint density at radius 2 is 1.93 bits per heavy atom. The second kappa shape index (κ2) is 6.60. The first-order valence-corrected chi connectivity index (χ1v) is 10.2. The van der Waals surface area contributed by atoms with Crippen molar-refractivity contribution in [1.29, 1.82) is 0 Å². The second-order valence-electron chi connectivity index (χ2n) is 7.08. The van der Waals surface area contributed by atoms with Crippen LogP contribution in [0.3, 0.4) is 0 Å². The van der Waals surface area contributed by atoms with Gasteiger partial charge >= 0.3 is 0 Å². The first kappa shape index (κ1) is 17.2. The fraction of sp³-hybridized carbons (Fsp3) is 0.238. The van der Waals surface area contributed by atoms with Crippen molar-refractivity contribution in [3.63, 3.8) is 0 Å². The Balaban J connectivity index is 1.55. The molecule has 1 aliphatic carbocycles. The third-order valence-electron chi connectivity index (χ3n) is 4.98. The molecule has 0 N–H and O–H groups in total. The summed E-state index contributed by atoms with van der Waals surface area (Å²) in [7, 11) is 0. The van der Waals surface area contributed by atoms with Crippen molar-refractivity contribution in [2.45, 2.75) is 36.7 Å². The zero-order valence-electron chi connectivity index (χ0n) is 15.3. The van der Waals surface area contributed by atoms with Gasteiger partial charge < -0.3 is 0 Å². The van der Waals surface area contributed by atoms with Gasteiger partial charge in [0.1, 0.15) is 5.65 Å². The highest BCUT2D eigenvalue weighted by Gasteiger charge is 2.28. The fourth-order valence-corrected chi connectivity index (χ4v) is 4.36. The Kier molecular flexibility index (Phi) is 4.05. The molecule has 7 heteroatoms. The molecule has 0 unspecified atom stereocenters. The number of aromatic nitrogens is 4. The standard InChI is InChI=1S/C21H18N4O2S/c1-13-5-4-10-24-18(26)11-14(22-19(13)24)12-28-21-23-17-7-3-2-6-16(17)20(27)25(21)15-8-9-15/h2-7,10-11,15H,8-9,12H2,1H3. The summed E-state index contributed by atoms with van der Waals surface area (Å²) in [6.45, 7) is 1.94. The number of aryl methyl sites for hydroxylation is 1. The average molecular weight is 390 g/mol. The Hall–Kier alpha value is -2.93. The maximum absolute atomic E-state index is 13.0. The van der Waals surface area contributed by atoms with Crippen LogP contribution in [0.15, 0.2) is 63.4 Å². The van der Waals surface area contributed by atoms with Crippen molar-refractivity contribution < 1.29 is 0 Å². The highest BCUT2D eigenvalue weighted by Crippen LogP contribution is 2.37. The maximum atomic E-state index is 13.0. The van der Waals surface area contributed by atoms with Crippen molar-refractivity contribution in [2.75, 3.05) is 0 Å². The van der Waals surface area contributed by atoms with Gasteiger partial charge in [0.2, 0.25) is 0 Å². The molecule has 1 fully saturated rings. The summed E-state index contributed by atoms with van der Waals surface area (Å²) in [5.74, 6) is 0.484. The normalized spacial score (nSPS) is 14.0. The summed E-state index contributed by atoms with van der Waals surface area (Å²) in [6, 6.07) is 13.0. The first-order chi connectivity index (χ1) is 13.6. The Bertz CT molecular complexity index is 1340. The summed E-state index contributed by atoms with van der Waals surface area (Å²) >= 11 is 1.46. The van der Waals surface area contributed by atoms with Gasteiger partial charge in [-0.15, -0.1) is 0 Å². The monoisotopic (exact) mass is 390 g/mol. The van der Waals surface area contributed by atoms with Crippen molar-refractivity contribution in [1.82, 2.24) is 18.9 Å². The highest BCUT2D eigenvalue weighted by atomic mass is 32.2. The second-order valence-corrected chi connectivity index (χ2v) is 8.02. The van der Waals surface area contributed by atoms with Crippen LogP contribution in [0.25, 0.3) is 16.6 Å². The Labute approximate surface area is 164 Å². The van der Waals surface area contributed by atoms with Gasteiger partial charge in [-0.2, -0.15) is 0 Å². The minimum Gasteiger partial charge on any atom is -0.284 e. The molecular weight excluding hydrogens is 372 g/mol. The van der Waals surface area contributed by atoms with Gasteiger partial charge in [-0.1, -0.05) is 30.0 Å². The number of hydrogen-bond acceptors (Lipinski definition) is 5. The summed E-state index contributed by atoms with van der Waals surface area (Å²) < 4.78 is 3.37. The molecule has 0 spiro atoms. The van der Waals surface area contributed by atoms with E-state index < -0.39 is 0 Å². The molecule has 0 bridgehead atoms. The van der Waals surface area contributed by atoms with Crippen molar-refractivity contribution in [3.05, 3.63) is 80.6 Å². The predicted octanol–water partition coefficient (Wildman–Crippen LogP) is 3.34. The SMILES string of the molecule is Cc1cccn2c(=O)cc(CSc3nc4ccccc4c(=O)n3C3CC3)nc12. The average Bonchev–Trinajstić information content (AvgIpc) is 3.52. The molecule has 140 valence electrons. The van der Waals surface area contributed by atoms with E-state index in [9.17, 15) is 9.59 Å². The molecule has 1 aromatic carbocycles. The molecule has 4 aromatic rings. The van der Waals surface area contributed by atoms with Gasteiger partial charge in [-0.25, -0.2) is 9.97 Å². The third kappa shape index (κ3) is 2.92. The molecule has 3 heterocycles. The van der Waals surface area contributed by atoms with Crippen LogP contribution in [0.4, 0.5) is 0 Å². The number of hydrogen-bond donors (Lipinski definition) is 0. The maximum Gasteiger partial charge on any atom is 0.262 e. The number of pyridine rings is 1. The smallest absolute Gasteiger partial charge is 0.262 e. The van der Waals surface area contributed by atoms with Crippen LogP contribution in [-0.2, 0) is 5.75 Å². The quantitative estimate of drug-likeness (QED) is 0.395. The van der Waals surface area contributed by atoms with Crippen LogP contribution in [0.1, 0.15) is 30.1 Å².